The number of para-hydroxylation sites is 1. The van der Waals surface area contributed by atoms with Crippen LogP contribution in [0, 0.1) is 11.3 Å². The number of nitriles is 1. The van der Waals surface area contributed by atoms with E-state index in [1.54, 1.807) is 42.5 Å². The predicted octanol–water partition coefficient (Wildman–Crippen LogP) is 4.65. The number of nitrogens with one attached hydrogen (secondary N) is 2. The van der Waals surface area contributed by atoms with Crippen LogP contribution in [0.4, 0.5) is 17.2 Å². The molecule has 2 aromatic carbocycles. The van der Waals surface area contributed by atoms with Crippen LogP contribution in [-0.2, 0) is 0 Å². The van der Waals surface area contributed by atoms with E-state index in [0.717, 1.165) is 0 Å². The van der Waals surface area contributed by atoms with Crippen molar-refractivity contribution in [2.45, 2.75) is 0 Å². The lowest BCUT2D eigenvalue weighted by atomic mass is 10.2. The Balaban J connectivity index is 1.73. The molecule has 26 heavy (non-hydrogen) atoms. The van der Waals surface area contributed by atoms with E-state index in [0.29, 0.717) is 32.8 Å². The molecule has 3 rings (SSSR count). The summed E-state index contributed by atoms with van der Waals surface area (Å²) < 4.78 is 0. The number of halogens is 2. The fourth-order valence-electron chi connectivity index (χ4n) is 2.16. The molecular weight excluding hydrogens is 373 g/mol. The van der Waals surface area contributed by atoms with Crippen molar-refractivity contribution in [3.8, 4) is 6.07 Å². The first-order valence-corrected chi connectivity index (χ1v) is 8.16. The highest BCUT2D eigenvalue weighted by molar-refractivity contribution is 6.35. The van der Waals surface area contributed by atoms with E-state index >= 15 is 0 Å². The molecule has 0 bridgehead atoms. The van der Waals surface area contributed by atoms with Crippen molar-refractivity contribution in [3.05, 3.63) is 76.2 Å². The number of rotatable bonds is 4. The average Bonchev–Trinajstić information content (AvgIpc) is 2.62. The molecule has 3 aromatic rings. The maximum absolute atomic E-state index is 12.3. The van der Waals surface area contributed by atoms with Crippen molar-refractivity contribution >= 4 is 46.3 Å². The van der Waals surface area contributed by atoms with E-state index in [-0.39, 0.29) is 5.69 Å². The Morgan fingerprint density at radius 2 is 1.77 bits per heavy atom. The van der Waals surface area contributed by atoms with Gasteiger partial charge < -0.3 is 10.6 Å². The van der Waals surface area contributed by atoms with Gasteiger partial charge in [-0.15, -0.1) is 0 Å². The number of hydrogen-bond donors (Lipinski definition) is 2. The summed E-state index contributed by atoms with van der Waals surface area (Å²) in [6.07, 6.45) is 2.75. The van der Waals surface area contributed by atoms with Crippen LogP contribution in [0.2, 0.25) is 10.0 Å². The van der Waals surface area contributed by atoms with Gasteiger partial charge in [0.2, 0.25) is 0 Å². The summed E-state index contributed by atoms with van der Waals surface area (Å²) in [6, 6.07) is 13.7. The minimum absolute atomic E-state index is 0.118. The van der Waals surface area contributed by atoms with E-state index in [9.17, 15) is 4.79 Å². The van der Waals surface area contributed by atoms with Crippen LogP contribution in [0.1, 0.15) is 16.1 Å². The molecule has 0 atom stereocenters. The summed E-state index contributed by atoms with van der Waals surface area (Å²) in [4.78, 5) is 20.5. The molecule has 0 unspecified atom stereocenters. The standard InChI is InChI=1S/C18H11Cl2N5O/c19-12-5-13(20)7-14(6-12)24-17-10-22-16(9-23-17)18(26)25-15-4-2-1-3-11(15)8-21/h1-7,9-10H,(H,23,24)(H,25,26). The van der Waals surface area contributed by atoms with Crippen LogP contribution in [0.25, 0.3) is 0 Å². The van der Waals surface area contributed by atoms with Gasteiger partial charge in [-0.25, -0.2) is 9.97 Å². The van der Waals surface area contributed by atoms with Crippen LogP contribution in [0.15, 0.2) is 54.9 Å². The number of nitrogens with zero attached hydrogens (tertiary/aromatic N) is 3. The number of aromatic nitrogens is 2. The number of anilines is 3. The predicted molar refractivity (Wildman–Crippen MR) is 101 cm³/mol. The van der Waals surface area contributed by atoms with Crippen LogP contribution in [-0.4, -0.2) is 15.9 Å². The zero-order chi connectivity index (χ0) is 18.5. The quantitative estimate of drug-likeness (QED) is 0.683. The van der Waals surface area contributed by atoms with E-state index < -0.39 is 5.91 Å². The largest absolute Gasteiger partial charge is 0.339 e. The van der Waals surface area contributed by atoms with Crippen molar-refractivity contribution in [3.63, 3.8) is 0 Å². The first-order chi connectivity index (χ1) is 12.5. The highest BCUT2D eigenvalue weighted by atomic mass is 35.5. The molecule has 0 aliphatic rings. The lowest BCUT2D eigenvalue weighted by Gasteiger charge is -2.08. The Morgan fingerprint density at radius 1 is 1.04 bits per heavy atom. The molecule has 6 nitrogen and oxygen atoms in total. The Bertz CT molecular complexity index is 979. The molecule has 0 spiro atoms. The number of carbonyl (C=O) groups excluding carboxylic acids is 1. The van der Waals surface area contributed by atoms with Crippen molar-refractivity contribution in [1.29, 1.82) is 5.26 Å². The van der Waals surface area contributed by atoms with Gasteiger partial charge in [-0.05, 0) is 30.3 Å². The van der Waals surface area contributed by atoms with Gasteiger partial charge in [-0.2, -0.15) is 5.26 Å². The number of hydrogen-bond acceptors (Lipinski definition) is 5. The van der Waals surface area contributed by atoms with Gasteiger partial charge in [0.1, 0.15) is 17.6 Å². The molecule has 1 heterocycles. The Morgan fingerprint density at radius 3 is 2.42 bits per heavy atom. The van der Waals surface area contributed by atoms with Gasteiger partial charge in [0, 0.05) is 15.7 Å². The molecule has 128 valence electrons. The normalized spacial score (nSPS) is 10.0. The molecular formula is C18H11Cl2N5O. The van der Waals surface area contributed by atoms with Crippen molar-refractivity contribution in [1.82, 2.24) is 9.97 Å². The Labute approximate surface area is 159 Å². The van der Waals surface area contributed by atoms with Crippen LogP contribution < -0.4 is 10.6 Å². The minimum Gasteiger partial charge on any atom is -0.339 e. The smallest absolute Gasteiger partial charge is 0.275 e. The summed E-state index contributed by atoms with van der Waals surface area (Å²) in [7, 11) is 0. The van der Waals surface area contributed by atoms with E-state index in [2.05, 4.69) is 20.6 Å². The summed E-state index contributed by atoms with van der Waals surface area (Å²) in [5, 5.41) is 15.7. The third kappa shape index (κ3) is 4.28. The molecule has 0 aliphatic carbocycles. The first-order valence-electron chi connectivity index (χ1n) is 7.41. The van der Waals surface area contributed by atoms with Crippen molar-refractivity contribution in [2.24, 2.45) is 0 Å². The third-order valence-electron chi connectivity index (χ3n) is 3.32. The van der Waals surface area contributed by atoms with Crippen LogP contribution in [0.5, 0.6) is 0 Å². The van der Waals surface area contributed by atoms with E-state index in [1.165, 1.54) is 12.4 Å². The first kappa shape index (κ1) is 17.7. The summed E-state index contributed by atoms with van der Waals surface area (Å²) in [5.74, 6) is -0.0325. The maximum atomic E-state index is 12.3. The molecule has 2 N–H and O–H groups in total. The number of amides is 1. The molecule has 1 aromatic heterocycles. The highest BCUT2D eigenvalue weighted by Gasteiger charge is 2.11. The SMILES string of the molecule is N#Cc1ccccc1NC(=O)c1cnc(Nc2cc(Cl)cc(Cl)c2)cn1. The molecule has 0 saturated carbocycles. The van der Waals surface area contributed by atoms with Crippen molar-refractivity contribution < 1.29 is 4.79 Å². The summed E-state index contributed by atoms with van der Waals surface area (Å²) in [6.45, 7) is 0. The Kier molecular flexibility index (Phi) is 5.32. The highest BCUT2D eigenvalue weighted by Crippen LogP contribution is 2.24. The molecule has 0 aliphatic heterocycles. The molecule has 0 saturated heterocycles. The van der Waals surface area contributed by atoms with Crippen molar-refractivity contribution in [2.75, 3.05) is 10.6 Å². The fourth-order valence-corrected chi connectivity index (χ4v) is 2.69. The average molecular weight is 384 g/mol. The number of benzene rings is 2. The monoisotopic (exact) mass is 383 g/mol. The molecule has 0 fully saturated rings. The molecule has 0 radical (unpaired) electrons. The van der Waals surface area contributed by atoms with Crippen LogP contribution in [0.3, 0.4) is 0 Å². The lowest BCUT2D eigenvalue weighted by Crippen LogP contribution is -2.15. The lowest BCUT2D eigenvalue weighted by molar-refractivity contribution is 0.102. The topological polar surface area (TPSA) is 90.7 Å². The van der Waals surface area contributed by atoms with Gasteiger partial charge in [0.25, 0.3) is 5.91 Å². The summed E-state index contributed by atoms with van der Waals surface area (Å²) in [5.41, 5.74) is 1.55. The van der Waals surface area contributed by atoms with E-state index in [4.69, 9.17) is 28.5 Å². The second kappa shape index (κ2) is 7.83. The van der Waals surface area contributed by atoms with Gasteiger partial charge in [-0.3, -0.25) is 4.79 Å². The van der Waals surface area contributed by atoms with E-state index in [1.807, 2.05) is 6.07 Å². The Hall–Kier alpha value is -3.14. The number of carbonyl (C=O) groups is 1. The minimum atomic E-state index is -0.461. The molecule has 1 amide bonds. The second-order valence-corrected chi connectivity index (χ2v) is 6.05. The fraction of sp³-hybridized carbons (Fsp3) is 0. The third-order valence-corrected chi connectivity index (χ3v) is 3.75. The second-order valence-electron chi connectivity index (χ2n) is 5.18. The maximum Gasteiger partial charge on any atom is 0.275 e. The molecule has 8 heteroatoms. The zero-order valence-corrected chi connectivity index (χ0v) is 14.7. The van der Waals surface area contributed by atoms with Gasteiger partial charge in [0.15, 0.2) is 0 Å². The van der Waals surface area contributed by atoms with Gasteiger partial charge in [-0.1, -0.05) is 35.3 Å². The summed E-state index contributed by atoms with van der Waals surface area (Å²) >= 11 is 11.9. The van der Waals surface area contributed by atoms with Crippen LogP contribution >= 0.6 is 23.2 Å². The van der Waals surface area contributed by atoms with Gasteiger partial charge in [0.05, 0.1) is 23.6 Å². The van der Waals surface area contributed by atoms with Gasteiger partial charge >= 0.3 is 0 Å². The zero-order valence-electron chi connectivity index (χ0n) is 13.2.